The van der Waals surface area contributed by atoms with Crippen molar-refractivity contribution in [2.24, 2.45) is 28.5 Å². The first-order valence-electron chi connectivity index (χ1n) is 9.49. The van der Waals surface area contributed by atoms with E-state index in [1.54, 1.807) is 6.07 Å². The van der Waals surface area contributed by atoms with Gasteiger partial charge >= 0.3 is 0 Å². The highest BCUT2D eigenvalue weighted by molar-refractivity contribution is 5.63. The molecule has 3 atom stereocenters. The Morgan fingerprint density at radius 1 is 1.35 bits per heavy atom. The molecule has 1 heterocycles. The fraction of sp³-hybridized carbons (Fsp3) is 0.435. The Labute approximate surface area is 157 Å². The van der Waals surface area contributed by atoms with Crippen LogP contribution in [0.4, 0.5) is 0 Å². The van der Waals surface area contributed by atoms with Gasteiger partial charge in [0.05, 0.1) is 0 Å². The van der Waals surface area contributed by atoms with E-state index in [4.69, 9.17) is 5.73 Å². The third kappa shape index (κ3) is 4.16. The minimum atomic E-state index is -0.560. The van der Waals surface area contributed by atoms with Crippen molar-refractivity contribution in [2.45, 2.75) is 38.6 Å². The molecule has 1 aliphatic carbocycles. The second-order valence-corrected chi connectivity index (χ2v) is 8.18. The highest BCUT2D eigenvalue weighted by Gasteiger charge is 2.28. The number of nitrogens with two attached hydrogens (primary N) is 1. The van der Waals surface area contributed by atoms with E-state index in [0.29, 0.717) is 23.5 Å². The predicted molar refractivity (Wildman–Crippen MR) is 110 cm³/mol. The van der Waals surface area contributed by atoms with Crippen LogP contribution >= 0.6 is 0 Å². The zero-order chi connectivity index (χ0) is 18.7. The lowest BCUT2D eigenvalue weighted by Crippen LogP contribution is -2.31. The second-order valence-electron chi connectivity index (χ2n) is 8.18. The summed E-state index contributed by atoms with van der Waals surface area (Å²) >= 11 is 0. The summed E-state index contributed by atoms with van der Waals surface area (Å²) in [6, 6.07) is 5.73. The number of nitrogens with zero attached hydrogens (tertiary/aromatic N) is 1. The molecule has 0 radical (unpaired) electrons. The van der Waals surface area contributed by atoms with Gasteiger partial charge in [0.25, 0.3) is 0 Å². The number of aliphatic imine (C=N–C) groups is 1. The van der Waals surface area contributed by atoms with Crippen molar-refractivity contribution in [1.29, 1.82) is 0 Å². The van der Waals surface area contributed by atoms with Crippen LogP contribution in [0, 0.1) is 17.8 Å². The fourth-order valence-corrected chi connectivity index (χ4v) is 4.23. The zero-order valence-electron chi connectivity index (χ0n) is 15.9. The fourth-order valence-electron chi connectivity index (χ4n) is 4.23. The minimum absolute atomic E-state index is 0.295. The second kappa shape index (κ2) is 7.63. The van der Waals surface area contributed by atoms with Gasteiger partial charge in [-0.3, -0.25) is 4.99 Å². The summed E-state index contributed by atoms with van der Waals surface area (Å²) in [6.45, 7) is 8.58. The number of rotatable bonds is 5. The monoisotopic (exact) mass is 350 g/mol. The van der Waals surface area contributed by atoms with Gasteiger partial charge in [-0.15, -0.1) is 0 Å². The molecule has 26 heavy (non-hydrogen) atoms. The number of hydrogen-bond donors (Lipinski definition) is 2. The number of phenols is 1. The van der Waals surface area contributed by atoms with Crippen molar-refractivity contribution < 1.29 is 5.11 Å². The molecule has 0 amide bonds. The average molecular weight is 351 g/mol. The Balaban J connectivity index is 1.72. The lowest BCUT2D eigenvalue weighted by Gasteiger charge is -2.31. The molecule has 1 aliphatic heterocycles. The molecule has 3 N–H and O–H groups in total. The van der Waals surface area contributed by atoms with Crippen LogP contribution in [-0.2, 0) is 12.0 Å². The molecule has 138 valence electrons. The zero-order valence-corrected chi connectivity index (χ0v) is 15.9. The quantitative estimate of drug-likeness (QED) is 0.820. The van der Waals surface area contributed by atoms with Crippen molar-refractivity contribution in [2.75, 3.05) is 6.54 Å². The van der Waals surface area contributed by atoms with Gasteiger partial charge < -0.3 is 10.8 Å². The molecule has 0 saturated heterocycles. The first-order chi connectivity index (χ1) is 12.4. The van der Waals surface area contributed by atoms with Crippen LogP contribution in [0.5, 0.6) is 5.75 Å². The summed E-state index contributed by atoms with van der Waals surface area (Å²) in [5.41, 5.74) is 8.98. The molecule has 0 bridgehead atoms. The van der Waals surface area contributed by atoms with E-state index >= 15 is 0 Å². The van der Waals surface area contributed by atoms with Crippen LogP contribution in [0.15, 0.2) is 59.6 Å². The standard InChI is InChI=1S/C23H30N2O/c1-4-16-8-10-18(11-9-16)20-13-17(14-25-15-20)12-19-6-5-7-21(26)22(19)23(2,3)24/h4-10,15,17-18,20,26H,1,11-14,24H2,2-3H3. The molecule has 3 nitrogen and oxygen atoms in total. The maximum absolute atomic E-state index is 10.3. The van der Waals surface area contributed by atoms with Crippen LogP contribution in [-0.4, -0.2) is 17.9 Å². The first kappa shape index (κ1) is 18.7. The molecule has 3 heteroatoms. The van der Waals surface area contributed by atoms with Crippen LogP contribution in [0.25, 0.3) is 0 Å². The number of benzene rings is 1. The van der Waals surface area contributed by atoms with Gasteiger partial charge in [0.15, 0.2) is 0 Å². The molecule has 0 saturated carbocycles. The summed E-state index contributed by atoms with van der Waals surface area (Å²) in [7, 11) is 0. The molecule has 3 unspecified atom stereocenters. The summed E-state index contributed by atoms with van der Waals surface area (Å²) in [5, 5.41) is 10.3. The smallest absolute Gasteiger partial charge is 0.120 e. The van der Waals surface area contributed by atoms with Gasteiger partial charge in [-0.25, -0.2) is 0 Å². The lowest BCUT2D eigenvalue weighted by molar-refractivity contribution is 0.360. The maximum Gasteiger partial charge on any atom is 0.120 e. The average Bonchev–Trinajstić information content (AvgIpc) is 2.61. The Kier molecular flexibility index (Phi) is 5.47. The third-order valence-electron chi connectivity index (χ3n) is 5.49. The molecule has 2 aliphatic rings. The largest absolute Gasteiger partial charge is 0.508 e. The van der Waals surface area contributed by atoms with E-state index in [1.807, 2.05) is 26.0 Å². The predicted octanol–water partition coefficient (Wildman–Crippen LogP) is 4.52. The summed E-state index contributed by atoms with van der Waals surface area (Å²) in [4.78, 5) is 4.67. The normalized spacial score (nSPS) is 25.8. The molecule has 1 aromatic carbocycles. The summed E-state index contributed by atoms with van der Waals surface area (Å²) in [6.07, 6.45) is 13.9. The van der Waals surface area contributed by atoms with E-state index in [2.05, 4.69) is 42.1 Å². The molecule has 1 aromatic rings. The number of hydrogen-bond acceptors (Lipinski definition) is 3. The highest BCUT2D eigenvalue weighted by Crippen LogP contribution is 2.35. The maximum atomic E-state index is 10.3. The summed E-state index contributed by atoms with van der Waals surface area (Å²) < 4.78 is 0. The van der Waals surface area contributed by atoms with Gasteiger partial charge in [0.2, 0.25) is 0 Å². The van der Waals surface area contributed by atoms with Gasteiger partial charge in [-0.05, 0) is 62.1 Å². The molecule has 0 aromatic heterocycles. The number of phenolic OH excluding ortho intramolecular Hbond substituents is 1. The first-order valence-corrected chi connectivity index (χ1v) is 9.49. The molecule has 0 spiro atoms. The Hall–Kier alpha value is -2.13. The van der Waals surface area contributed by atoms with Crippen molar-refractivity contribution in [3.05, 3.63) is 65.8 Å². The van der Waals surface area contributed by atoms with E-state index in [1.165, 1.54) is 5.57 Å². The summed E-state index contributed by atoms with van der Waals surface area (Å²) in [5.74, 6) is 1.76. The molecule has 3 rings (SSSR count). The third-order valence-corrected chi connectivity index (χ3v) is 5.49. The van der Waals surface area contributed by atoms with Crippen LogP contribution in [0.3, 0.4) is 0 Å². The van der Waals surface area contributed by atoms with Crippen molar-refractivity contribution in [3.8, 4) is 5.75 Å². The molecule has 0 fully saturated rings. The van der Waals surface area contributed by atoms with Crippen LogP contribution in [0.1, 0.15) is 37.8 Å². The van der Waals surface area contributed by atoms with Gasteiger partial charge in [0, 0.05) is 29.8 Å². The van der Waals surface area contributed by atoms with Crippen LogP contribution in [0.2, 0.25) is 0 Å². The van der Waals surface area contributed by atoms with Crippen molar-refractivity contribution in [3.63, 3.8) is 0 Å². The Morgan fingerprint density at radius 3 is 2.81 bits per heavy atom. The minimum Gasteiger partial charge on any atom is -0.508 e. The van der Waals surface area contributed by atoms with Crippen molar-refractivity contribution in [1.82, 2.24) is 0 Å². The number of allylic oxidation sites excluding steroid dienone is 5. The number of aromatic hydroxyl groups is 1. The molecular formula is C23H30N2O. The Bertz CT molecular complexity index is 752. The van der Waals surface area contributed by atoms with Gasteiger partial charge in [-0.2, -0.15) is 0 Å². The Morgan fingerprint density at radius 2 is 2.15 bits per heavy atom. The topological polar surface area (TPSA) is 58.6 Å². The van der Waals surface area contributed by atoms with Crippen molar-refractivity contribution >= 4 is 6.21 Å². The van der Waals surface area contributed by atoms with E-state index in [9.17, 15) is 5.11 Å². The van der Waals surface area contributed by atoms with Gasteiger partial charge in [-0.1, -0.05) is 43.0 Å². The van der Waals surface area contributed by atoms with E-state index in [0.717, 1.165) is 36.9 Å². The van der Waals surface area contributed by atoms with E-state index < -0.39 is 5.54 Å². The highest BCUT2D eigenvalue weighted by atomic mass is 16.3. The van der Waals surface area contributed by atoms with Crippen LogP contribution < -0.4 is 5.73 Å². The van der Waals surface area contributed by atoms with E-state index in [-0.39, 0.29) is 0 Å². The van der Waals surface area contributed by atoms with Gasteiger partial charge in [0.1, 0.15) is 5.75 Å². The lowest BCUT2D eigenvalue weighted by atomic mass is 9.77. The SMILES string of the molecule is C=CC1=CCC(C2C=NCC(Cc3cccc(O)c3C(C)(C)N)C2)C=C1. The molecular weight excluding hydrogens is 320 g/mol.